The fourth-order valence-electron chi connectivity index (χ4n) is 1.66. The highest BCUT2D eigenvalue weighted by atomic mass is 35.5. The van der Waals surface area contributed by atoms with E-state index in [-0.39, 0.29) is 0 Å². The summed E-state index contributed by atoms with van der Waals surface area (Å²) in [6.07, 6.45) is 3.78. The van der Waals surface area contributed by atoms with Crippen LogP contribution in [-0.4, -0.2) is 33.8 Å². The molecule has 0 bridgehead atoms. The Morgan fingerprint density at radius 1 is 1.64 bits per heavy atom. The van der Waals surface area contributed by atoms with Crippen LogP contribution in [0.5, 0.6) is 0 Å². The van der Waals surface area contributed by atoms with Crippen molar-refractivity contribution in [3.05, 3.63) is 17.5 Å². The normalized spacial score (nSPS) is 26.9. The molecule has 1 atom stereocenters. The highest BCUT2D eigenvalue weighted by Gasteiger charge is 2.32. The molecular weight excluding hydrogens is 202 g/mol. The molecule has 0 aliphatic carbocycles. The minimum atomic E-state index is -0.631. The maximum absolute atomic E-state index is 9.79. The smallest absolute Gasteiger partial charge is 0.150 e. The molecule has 1 aliphatic heterocycles. The van der Waals surface area contributed by atoms with E-state index in [0.717, 1.165) is 13.0 Å². The maximum Gasteiger partial charge on any atom is 0.150 e. The fraction of sp³-hybridized carbons (Fsp3) is 0.556. The number of rotatable bonds is 1. The van der Waals surface area contributed by atoms with E-state index in [9.17, 15) is 5.11 Å². The molecule has 0 spiro atoms. The van der Waals surface area contributed by atoms with E-state index < -0.39 is 5.60 Å². The molecule has 0 amide bonds. The zero-order chi connectivity index (χ0) is 10.2. The van der Waals surface area contributed by atoms with Crippen molar-refractivity contribution < 1.29 is 5.11 Å². The molecule has 1 saturated heterocycles. The van der Waals surface area contributed by atoms with Gasteiger partial charge in [0.25, 0.3) is 0 Å². The average molecular weight is 214 g/mol. The SMILES string of the molecule is CC1(O)CCN(c2ncncc2Cl)C1. The number of nitrogens with zero attached hydrogens (tertiary/aromatic N) is 3. The Morgan fingerprint density at radius 2 is 2.43 bits per heavy atom. The van der Waals surface area contributed by atoms with Gasteiger partial charge in [0.05, 0.1) is 11.8 Å². The average Bonchev–Trinajstić information content (AvgIpc) is 2.47. The summed E-state index contributed by atoms with van der Waals surface area (Å²) in [4.78, 5) is 9.89. The molecule has 0 saturated carbocycles. The molecule has 1 fully saturated rings. The molecule has 2 rings (SSSR count). The third kappa shape index (κ3) is 1.81. The number of hydrogen-bond acceptors (Lipinski definition) is 4. The summed E-state index contributed by atoms with van der Waals surface area (Å²) < 4.78 is 0. The van der Waals surface area contributed by atoms with Gasteiger partial charge in [0.1, 0.15) is 11.3 Å². The van der Waals surface area contributed by atoms with Crippen molar-refractivity contribution >= 4 is 17.4 Å². The van der Waals surface area contributed by atoms with Crippen molar-refractivity contribution in [1.29, 1.82) is 0 Å². The summed E-state index contributed by atoms with van der Waals surface area (Å²) in [5.74, 6) is 0.708. The summed E-state index contributed by atoms with van der Waals surface area (Å²) in [5.41, 5.74) is -0.631. The first-order chi connectivity index (χ1) is 6.58. The summed E-state index contributed by atoms with van der Waals surface area (Å²) in [6, 6.07) is 0. The summed E-state index contributed by atoms with van der Waals surface area (Å²) in [5, 5.41) is 10.3. The molecule has 1 aromatic rings. The van der Waals surface area contributed by atoms with E-state index in [1.165, 1.54) is 6.33 Å². The number of β-amino-alcohol motifs (C(OH)–C–C–N with tert-alkyl or cyclic N) is 1. The predicted octanol–water partition coefficient (Wildman–Crippen LogP) is 1.09. The molecule has 5 heteroatoms. The molecule has 14 heavy (non-hydrogen) atoms. The number of aliphatic hydroxyl groups is 1. The van der Waals surface area contributed by atoms with E-state index in [4.69, 9.17) is 11.6 Å². The van der Waals surface area contributed by atoms with Gasteiger partial charge < -0.3 is 10.0 Å². The van der Waals surface area contributed by atoms with Gasteiger partial charge in [0.2, 0.25) is 0 Å². The highest BCUT2D eigenvalue weighted by Crippen LogP contribution is 2.28. The van der Waals surface area contributed by atoms with E-state index in [1.807, 2.05) is 11.8 Å². The lowest BCUT2D eigenvalue weighted by molar-refractivity contribution is 0.0839. The minimum Gasteiger partial charge on any atom is -0.388 e. The molecule has 4 nitrogen and oxygen atoms in total. The lowest BCUT2D eigenvalue weighted by Gasteiger charge is -2.20. The van der Waals surface area contributed by atoms with Crippen LogP contribution < -0.4 is 4.90 Å². The van der Waals surface area contributed by atoms with Gasteiger partial charge in [-0.25, -0.2) is 9.97 Å². The monoisotopic (exact) mass is 213 g/mol. The highest BCUT2D eigenvalue weighted by molar-refractivity contribution is 6.32. The Morgan fingerprint density at radius 3 is 3.00 bits per heavy atom. The third-order valence-corrected chi connectivity index (χ3v) is 2.67. The predicted molar refractivity (Wildman–Crippen MR) is 54.5 cm³/mol. The van der Waals surface area contributed by atoms with E-state index in [2.05, 4.69) is 9.97 Å². The van der Waals surface area contributed by atoms with Crippen molar-refractivity contribution in [2.24, 2.45) is 0 Å². The topological polar surface area (TPSA) is 49.2 Å². The van der Waals surface area contributed by atoms with Crippen molar-refractivity contribution in [3.63, 3.8) is 0 Å². The second kappa shape index (κ2) is 3.37. The molecule has 1 aliphatic rings. The standard InChI is InChI=1S/C9H12ClN3O/c1-9(14)2-3-13(5-9)8-7(10)4-11-6-12-8/h4,6,14H,2-3,5H2,1H3. The molecule has 0 radical (unpaired) electrons. The van der Waals surface area contributed by atoms with Crippen molar-refractivity contribution in [1.82, 2.24) is 9.97 Å². The molecule has 1 N–H and O–H groups in total. The number of anilines is 1. The van der Waals surface area contributed by atoms with Gasteiger partial charge in [-0.3, -0.25) is 0 Å². The number of halogens is 1. The van der Waals surface area contributed by atoms with Crippen molar-refractivity contribution in [3.8, 4) is 0 Å². The van der Waals surface area contributed by atoms with Crippen LogP contribution in [0, 0.1) is 0 Å². The molecule has 76 valence electrons. The van der Waals surface area contributed by atoms with Crippen LogP contribution in [0.25, 0.3) is 0 Å². The van der Waals surface area contributed by atoms with Crippen LogP contribution in [0.4, 0.5) is 5.82 Å². The van der Waals surface area contributed by atoms with E-state index in [1.54, 1.807) is 6.20 Å². The first kappa shape index (κ1) is 9.68. The Kier molecular flexibility index (Phi) is 2.33. The molecule has 2 heterocycles. The van der Waals surface area contributed by atoms with Crippen LogP contribution >= 0.6 is 11.6 Å². The Labute approximate surface area is 87.5 Å². The lowest BCUT2D eigenvalue weighted by atomic mass is 10.1. The van der Waals surface area contributed by atoms with Crippen molar-refractivity contribution in [2.75, 3.05) is 18.0 Å². The third-order valence-electron chi connectivity index (χ3n) is 2.40. The van der Waals surface area contributed by atoms with Crippen LogP contribution in [-0.2, 0) is 0 Å². The van der Waals surface area contributed by atoms with Crippen LogP contribution in [0.3, 0.4) is 0 Å². The summed E-state index contributed by atoms with van der Waals surface area (Å²) in [7, 11) is 0. The van der Waals surface area contributed by atoms with Gasteiger partial charge in [-0.15, -0.1) is 0 Å². The van der Waals surface area contributed by atoms with Gasteiger partial charge in [0, 0.05) is 13.1 Å². The molecule has 1 aromatic heterocycles. The van der Waals surface area contributed by atoms with E-state index in [0.29, 0.717) is 17.4 Å². The van der Waals surface area contributed by atoms with Gasteiger partial charge in [-0.2, -0.15) is 0 Å². The fourth-order valence-corrected chi connectivity index (χ4v) is 1.89. The second-order valence-electron chi connectivity index (χ2n) is 3.86. The Balaban J connectivity index is 2.22. The van der Waals surface area contributed by atoms with Crippen LogP contribution in [0.15, 0.2) is 12.5 Å². The second-order valence-corrected chi connectivity index (χ2v) is 4.27. The summed E-state index contributed by atoms with van der Waals surface area (Å²) >= 11 is 5.95. The number of aromatic nitrogens is 2. The zero-order valence-corrected chi connectivity index (χ0v) is 8.70. The van der Waals surface area contributed by atoms with Crippen molar-refractivity contribution in [2.45, 2.75) is 18.9 Å². The van der Waals surface area contributed by atoms with Crippen LogP contribution in [0.2, 0.25) is 5.02 Å². The maximum atomic E-state index is 9.79. The Hall–Kier alpha value is -0.870. The first-order valence-corrected chi connectivity index (χ1v) is 4.89. The first-order valence-electron chi connectivity index (χ1n) is 4.51. The number of hydrogen-bond donors (Lipinski definition) is 1. The van der Waals surface area contributed by atoms with Gasteiger partial charge >= 0.3 is 0 Å². The van der Waals surface area contributed by atoms with Gasteiger partial charge in [-0.05, 0) is 13.3 Å². The molecular formula is C9H12ClN3O. The largest absolute Gasteiger partial charge is 0.388 e. The van der Waals surface area contributed by atoms with Crippen LogP contribution in [0.1, 0.15) is 13.3 Å². The van der Waals surface area contributed by atoms with Gasteiger partial charge in [0.15, 0.2) is 5.82 Å². The quantitative estimate of drug-likeness (QED) is 0.759. The zero-order valence-electron chi connectivity index (χ0n) is 7.94. The van der Waals surface area contributed by atoms with E-state index >= 15 is 0 Å². The minimum absolute atomic E-state index is 0.533. The molecule has 1 unspecified atom stereocenters. The Bertz CT molecular complexity index is 343. The molecule has 0 aromatic carbocycles. The summed E-state index contributed by atoms with van der Waals surface area (Å²) in [6.45, 7) is 3.18. The lowest BCUT2D eigenvalue weighted by Crippen LogP contribution is -2.30. The van der Waals surface area contributed by atoms with Gasteiger partial charge in [-0.1, -0.05) is 11.6 Å².